The van der Waals surface area contributed by atoms with E-state index in [9.17, 15) is 0 Å². The Morgan fingerprint density at radius 3 is 2.30 bits per heavy atom. The van der Waals surface area contributed by atoms with Crippen LogP contribution in [0.3, 0.4) is 0 Å². The molecule has 1 fully saturated rings. The molecule has 10 heavy (non-hydrogen) atoms. The second-order valence-electron chi connectivity index (χ2n) is 3.40. The van der Waals surface area contributed by atoms with Gasteiger partial charge >= 0.3 is 0 Å². The quantitative estimate of drug-likeness (QED) is 0.542. The molecule has 3 atom stereocenters. The molecule has 0 aliphatic heterocycles. The van der Waals surface area contributed by atoms with Gasteiger partial charge in [0, 0.05) is 6.04 Å². The van der Waals surface area contributed by atoms with Crippen molar-refractivity contribution in [2.24, 2.45) is 11.8 Å². The van der Waals surface area contributed by atoms with E-state index >= 15 is 0 Å². The lowest BCUT2D eigenvalue weighted by Crippen LogP contribution is -2.49. The van der Waals surface area contributed by atoms with E-state index in [4.69, 9.17) is 5.26 Å². The Hall–Kier alpha value is -0.550. The lowest BCUT2D eigenvalue weighted by atomic mass is 9.71. The van der Waals surface area contributed by atoms with Crippen molar-refractivity contribution in [1.29, 1.82) is 5.26 Å². The number of nitrogens with zero attached hydrogens (tertiary/aromatic N) is 2. The number of hydrogen-bond acceptors (Lipinski definition) is 2. The summed E-state index contributed by atoms with van der Waals surface area (Å²) in [6.07, 6.45) is 1.08. The van der Waals surface area contributed by atoms with E-state index in [-0.39, 0.29) is 5.92 Å². The Morgan fingerprint density at radius 2 is 2.10 bits per heavy atom. The molecule has 2 nitrogen and oxygen atoms in total. The zero-order valence-electron chi connectivity index (χ0n) is 6.83. The lowest BCUT2D eigenvalue weighted by Gasteiger charge is -2.43. The molecular formula is C8H14N2. The molecule has 1 rings (SSSR count). The first kappa shape index (κ1) is 7.56. The number of nitriles is 1. The van der Waals surface area contributed by atoms with Gasteiger partial charge in [-0.25, -0.2) is 0 Å². The fourth-order valence-corrected chi connectivity index (χ4v) is 1.88. The summed E-state index contributed by atoms with van der Waals surface area (Å²) in [5, 5.41) is 8.65. The van der Waals surface area contributed by atoms with Crippen molar-refractivity contribution in [3.05, 3.63) is 0 Å². The Bertz CT molecular complexity index is 152. The zero-order valence-corrected chi connectivity index (χ0v) is 6.83. The highest BCUT2D eigenvalue weighted by atomic mass is 15.1. The average molecular weight is 138 g/mol. The highest BCUT2D eigenvalue weighted by Gasteiger charge is 2.39. The van der Waals surface area contributed by atoms with Gasteiger partial charge in [0.15, 0.2) is 0 Å². The van der Waals surface area contributed by atoms with Crippen LogP contribution in [-0.2, 0) is 0 Å². The van der Waals surface area contributed by atoms with Gasteiger partial charge in [-0.2, -0.15) is 5.26 Å². The Morgan fingerprint density at radius 1 is 1.50 bits per heavy atom. The third-order valence-electron chi connectivity index (χ3n) is 2.38. The Kier molecular flexibility index (Phi) is 1.96. The molecule has 56 valence electrons. The standard InChI is InChI=1S/C8H14N2/c1-6-4-7(5-9)8(6)10(2)3/h6-8H,4H2,1-3H3. The van der Waals surface area contributed by atoms with Crippen LogP contribution in [0.1, 0.15) is 13.3 Å². The molecule has 0 aromatic rings. The van der Waals surface area contributed by atoms with Gasteiger partial charge in [0.05, 0.1) is 12.0 Å². The second kappa shape index (κ2) is 2.59. The molecule has 0 radical (unpaired) electrons. The van der Waals surface area contributed by atoms with Gasteiger partial charge in [0.25, 0.3) is 0 Å². The van der Waals surface area contributed by atoms with Gasteiger partial charge in [0.2, 0.25) is 0 Å². The molecule has 3 unspecified atom stereocenters. The van der Waals surface area contributed by atoms with Crippen LogP contribution in [0, 0.1) is 23.2 Å². The normalized spacial score (nSPS) is 38.9. The van der Waals surface area contributed by atoms with Crippen molar-refractivity contribution in [3.63, 3.8) is 0 Å². The molecule has 0 N–H and O–H groups in total. The van der Waals surface area contributed by atoms with E-state index in [1.54, 1.807) is 0 Å². The number of rotatable bonds is 1. The molecule has 2 heteroatoms. The lowest BCUT2D eigenvalue weighted by molar-refractivity contribution is 0.0738. The number of hydrogen-bond donors (Lipinski definition) is 0. The third kappa shape index (κ3) is 1.02. The van der Waals surface area contributed by atoms with Crippen molar-refractivity contribution in [2.75, 3.05) is 14.1 Å². The van der Waals surface area contributed by atoms with Gasteiger partial charge in [-0.3, -0.25) is 0 Å². The Balaban J connectivity index is 2.50. The van der Waals surface area contributed by atoms with Crippen LogP contribution < -0.4 is 0 Å². The van der Waals surface area contributed by atoms with Crippen LogP contribution in [-0.4, -0.2) is 25.0 Å². The maximum atomic E-state index is 8.65. The molecule has 0 aromatic heterocycles. The van der Waals surface area contributed by atoms with Crippen molar-refractivity contribution < 1.29 is 0 Å². The van der Waals surface area contributed by atoms with Crippen molar-refractivity contribution in [2.45, 2.75) is 19.4 Å². The summed E-state index contributed by atoms with van der Waals surface area (Å²) in [5.74, 6) is 0.990. The van der Waals surface area contributed by atoms with E-state index in [1.165, 1.54) is 0 Å². The maximum absolute atomic E-state index is 8.65. The van der Waals surface area contributed by atoms with Crippen molar-refractivity contribution in [1.82, 2.24) is 4.90 Å². The fraction of sp³-hybridized carbons (Fsp3) is 0.875. The predicted octanol–water partition coefficient (Wildman–Crippen LogP) is 1.10. The van der Waals surface area contributed by atoms with E-state index in [1.807, 2.05) is 14.1 Å². The van der Waals surface area contributed by atoms with Gasteiger partial charge in [-0.1, -0.05) is 6.92 Å². The summed E-state index contributed by atoms with van der Waals surface area (Å²) in [6.45, 7) is 2.21. The molecule has 0 aromatic carbocycles. The van der Waals surface area contributed by atoms with Crippen LogP contribution in [0.15, 0.2) is 0 Å². The van der Waals surface area contributed by atoms with E-state index in [2.05, 4.69) is 17.9 Å². The van der Waals surface area contributed by atoms with Gasteiger partial charge in [0.1, 0.15) is 0 Å². The summed E-state index contributed by atoms with van der Waals surface area (Å²) in [6, 6.07) is 2.83. The Labute approximate surface area is 62.4 Å². The minimum absolute atomic E-state index is 0.282. The predicted molar refractivity (Wildman–Crippen MR) is 40.4 cm³/mol. The first-order chi connectivity index (χ1) is 4.66. The molecule has 0 spiro atoms. The molecule has 0 heterocycles. The fourth-order valence-electron chi connectivity index (χ4n) is 1.88. The van der Waals surface area contributed by atoms with Crippen LogP contribution in [0.4, 0.5) is 0 Å². The second-order valence-corrected chi connectivity index (χ2v) is 3.40. The van der Waals surface area contributed by atoms with E-state index < -0.39 is 0 Å². The topological polar surface area (TPSA) is 27.0 Å². The average Bonchev–Trinajstić information content (AvgIpc) is 1.80. The zero-order chi connectivity index (χ0) is 7.72. The van der Waals surface area contributed by atoms with Crippen LogP contribution in [0.25, 0.3) is 0 Å². The van der Waals surface area contributed by atoms with E-state index in [0.717, 1.165) is 6.42 Å². The summed E-state index contributed by atoms with van der Waals surface area (Å²) >= 11 is 0. The summed E-state index contributed by atoms with van der Waals surface area (Å²) in [4.78, 5) is 2.15. The maximum Gasteiger partial charge on any atom is 0.0672 e. The molecule has 1 aliphatic rings. The molecule has 1 saturated carbocycles. The largest absolute Gasteiger partial charge is 0.305 e. The van der Waals surface area contributed by atoms with E-state index in [0.29, 0.717) is 12.0 Å². The highest BCUT2D eigenvalue weighted by molar-refractivity contribution is 5.03. The highest BCUT2D eigenvalue weighted by Crippen LogP contribution is 2.35. The van der Waals surface area contributed by atoms with Crippen LogP contribution in [0.2, 0.25) is 0 Å². The first-order valence-corrected chi connectivity index (χ1v) is 3.73. The van der Waals surface area contributed by atoms with Crippen LogP contribution >= 0.6 is 0 Å². The van der Waals surface area contributed by atoms with Gasteiger partial charge < -0.3 is 4.90 Å². The summed E-state index contributed by atoms with van der Waals surface area (Å²) in [7, 11) is 4.09. The van der Waals surface area contributed by atoms with Crippen molar-refractivity contribution in [3.8, 4) is 6.07 Å². The molecule has 0 saturated heterocycles. The van der Waals surface area contributed by atoms with Crippen LogP contribution in [0.5, 0.6) is 0 Å². The molecule has 1 aliphatic carbocycles. The summed E-state index contributed by atoms with van der Waals surface area (Å²) < 4.78 is 0. The third-order valence-corrected chi connectivity index (χ3v) is 2.38. The molecule has 0 bridgehead atoms. The monoisotopic (exact) mass is 138 g/mol. The SMILES string of the molecule is CC1CC(C#N)C1N(C)C. The first-order valence-electron chi connectivity index (χ1n) is 3.73. The smallest absolute Gasteiger partial charge is 0.0672 e. The van der Waals surface area contributed by atoms with Gasteiger partial charge in [-0.15, -0.1) is 0 Å². The minimum Gasteiger partial charge on any atom is -0.305 e. The summed E-state index contributed by atoms with van der Waals surface area (Å²) in [5.41, 5.74) is 0. The van der Waals surface area contributed by atoms with Crippen molar-refractivity contribution >= 4 is 0 Å². The molecule has 0 amide bonds. The van der Waals surface area contributed by atoms with Gasteiger partial charge in [-0.05, 0) is 26.4 Å². The molecular weight excluding hydrogens is 124 g/mol. The minimum atomic E-state index is 0.282.